The Kier molecular flexibility index (Phi) is 6.22. The van der Waals surface area contributed by atoms with E-state index in [0.717, 1.165) is 32.1 Å². The molecule has 4 heteroatoms. The normalized spacial score (nSPS) is 25.5. The van der Waals surface area contributed by atoms with Crippen LogP contribution in [-0.2, 0) is 9.59 Å². The largest absolute Gasteiger partial charge is 0.353 e. The predicted molar refractivity (Wildman–Crippen MR) is 102 cm³/mol. The molecule has 0 aliphatic heterocycles. The smallest absolute Gasteiger partial charge is 0.223 e. The quantitative estimate of drug-likeness (QED) is 0.728. The fourth-order valence-electron chi connectivity index (χ4n) is 3.94. The molecule has 2 saturated carbocycles. The van der Waals surface area contributed by atoms with Crippen molar-refractivity contribution < 1.29 is 9.59 Å². The molecule has 2 N–H and O–H groups in total. The molecule has 2 aliphatic carbocycles. The van der Waals surface area contributed by atoms with Gasteiger partial charge < -0.3 is 10.6 Å². The molecule has 0 spiro atoms. The maximum Gasteiger partial charge on any atom is 0.223 e. The minimum atomic E-state index is -0.00111. The molecule has 2 aliphatic rings. The van der Waals surface area contributed by atoms with Gasteiger partial charge in [-0.1, -0.05) is 41.5 Å². The van der Waals surface area contributed by atoms with Crippen LogP contribution in [0.3, 0.4) is 0 Å². The molecule has 2 amide bonds. The Labute approximate surface area is 153 Å². The standard InChI is InChI=1S/C21H38N2O2/c1-14(19(25)23-16-8-7-9-16)21(5,6)12-15-10-17(11-15)22-18(24)13-20(2,3)4/h14-17H,7-13H2,1-6H3,(H,22,24)(H,23,25). The minimum absolute atomic E-state index is 0.00111. The van der Waals surface area contributed by atoms with Crippen LogP contribution in [0.15, 0.2) is 0 Å². The lowest BCUT2D eigenvalue weighted by Gasteiger charge is -2.42. The Morgan fingerprint density at radius 1 is 1.00 bits per heavy atom. The number of hydrogen-bond acceptors (Lipinski definition) is 2. The molecule has 2 fully saturated rings. The van der Waals surface area contributed by atoms with Crippen LogP contribution in [0.4, 0.5) is 0 Å². The second kappa shape index (κ2) is 7.67. The summed E-state index contributed by atoms with van der Waals surface area (Å²) >= 11 is 0. The van der Waals surface area contributed by atoms with Crippen LogP contribution in [0.5, 0.6) is 0 Å². The fourth-order valence-corrected chi connectivity index (χ4v) is 3.94. The van der Waals surface area contributed by atoms with E-state index in [-0.39, 0.29) is 28.6 Å². The Hall–Kier alpha value is -1.06. The summed E-state index contributed by atoms with van der Waals surface area (Å²) in [6.45, 7) is 12.8. The lowest BCUT2D eigenvalue weighted by atomic mass is 9.66. The van der Waals surface area contributed by atoms with E-state index in [0.29, 0.717) is 24.4 Å². The maximum absolute atomic E-state index is 12.5. The highest BCUT2D eigenvalue weighted by Gasteiger charge is 2.39. The summed E-state index contributed by atoms with van der Waals surface area (Å²) in [5, 5.41) is 6.36. The van der Waals surface area contributed by atoms with Gasteiger partial charge in [0.1, 0.15) is 0 Å². The van der Waals surface area contributed by atoms with Crippen LogP contribution >= 0.6 is 0 Å². The first-order valence-electron chi connectivity index (χ1n) is 10.1. The lowest BCUT2D eigenvalue weighted by molar-refractivity contribution is -0.129. The number of amides is 2. The van der Waals surface area contributed by atoms with Crippen molar-refractivity contribution in [3.05, 3.63) is 0 Å². The molecule has 0 aromatic carbocycles. The van der Waals surface area contributed by atoms with Gasteiger partial charge in [0.15, 0.2) is 0 Å². The van der Waals surface area contributed by atoms with Gasteiger partial charge in [0.25, 0.3) is 0 Å². The highest BCUT2D eigenvalue weighted by atomic mass is 16.2. The predicted octanol–water partition coefficient (Wildman–Crippen LogP) is 4.04. The molecule has 0 aromatic heterocycles. The zero-order chi connectivity index (χ0) is 18.8. The van der Waals surface area contributed by atoms with E-state index in [1.54, 1.807) is 0 Å². The highest BCUT2D eigenvalue weighted by Crippen LogP contribution is 2.42. The van der Waals surface area contributed by atoms with Gasteiger partial charge in [-0.15, -0.1) is 0 Å². The zero-order valence-corrected chi connectivity index (χ0v) is 17.1. The molecule has 25 heavy (non-hydrogen) atoms. The maximum atomic E-state index is 12.5. The van der Waals surface area contributed by atoms with Crippen LogP contribution in [0.1, 0.15) is 86.5 Å². The van der Waals surface area contributed by atoms with Crippen LogP contribution in [0, 0.1) is 22.7 Å². The molecule has 0 bridgehead atoms. The van der Waals surface area contributed by atoms with E-state index in [1.165, 1.54) is 6.42 Å². The summed E-state index contributed by atoms with van der Waals surface area (Å²) in [7, 11) is 0. The minimum Gasteiger partial charge on any atom is -0.353 e. The molecule has 1 atom stereocenters. The Morgan fingerprint density at radius 2 is 1.60 bits per heavy atom. The third kappa shape index (κ3) is 6.00. The summed E-state index contributed by atoms with van der Waals surface area (Å²) in [6.07, 6.45) is 7.25. The Bertz CT molecular complexity index is 483. The average molecular weight is 351 g/mol. The summed E-state index contributed by atoms with van der Waals surface area (Å²) in [5.74, 6) is 1.03. The van der Waals surface area contributed by atoms with E-state index in [4.69, 9.17) is 0 Å². The number of hydrogen-bond donors (Lipinski definition) is 2. The van der Waals surface area contributed by atoms with Gasteiger partial charge in [-0.3, -0.25) is 9.59 Å². The van der Waals surface area contributed by atoms with E-state index in [1.807, 2.05) is 0 Å². The van der Waals surface area contributed by atoms with Crippen molar-refractivity contribution in [3.8, 4) is 0 Å². The van der Waals surface area contributed by atoms with E-state index >= 15 is 0 Å². The van der Waals surface area contributed by atoms with Crippen LogP contribution in [-0.4, -0.2) is 23.9 Å². The van der Waals surface area contributed by atoms with Crippen molar-refractivity contribution in [3.63, 3.8) is 0 Å². The van der Waals surface area contributed by atoms with Crippen molar-refractivity contribution in [2.75, 3.05) is 0 Å². The molecule has 0 radical (unpaired) electrons. The van der Waals surface area contributed by atoms with E-state index in [2.05, 4.69) is 52.2 Å². The van der Waals surface area contributed by atoms with Gasteiger partial charge in [-0.05, 0) is 55.3 Å². The van der Waals surface area contributed by atoms with Gasteiger partial charge in [0.05, 0.1) is 0 Å². The lowest BCUT2D eigenvalue weighted by Crippen LogP contribution is -2.48. The van der Waals surface area contributed by atoms with Crippen LogP contribution < -0.4 is 10.6 Å². The highest BCUT2D eigenvalue weighted by molar-refractivity contribution is 5.79. The van der Waals surface area contributed by atoms with Crippen molar-refractivity contribution in [1.82, 2.24) is 10.6 Å². The summed E-state index contributed by atoms with van der Waals surface area (Å²) in [6, 6.07) is 0.742. The summed E-state index contributed by atoms with van der Waals surface area (Å²) < 4.78 is 0. The monoisotopic (exact) mass is 350 g/mol. The first kappa shape index (κ1) is 20.3. The molecular formula is C21H38N2O2. The van der Waals surface area contributed by atoms with E-state index in [9.17, 15) is 9.59 Å². The molecule has 2 rings (SSSR count). The topological polar surface area (TPSA) is 58.2 Å². The summed E-state index contributed by atoms with van der Waals surface area (Å²) in [4.78, 5) is 24.5. The zero-order valence-electron chi connectivity index (χ0n) is 17.1. The van der Waals surface area contributed by atoms with Crippen molar-refractivity contribution >= 4 is 11.8 Å². The van der Waals surface area contributed by atoms with Crippen LogP contribution in [0.25, 0.3) is 0 Å². The van der Waals surface area contributed by atoms with Gasteiger partial charge >= 0.3 is 0 Å². The van der Waals surface area contributed by atoms with Crippen molar-refractivity contribution in [2.24, 2.45) is 22.7 Å². The van der Waals surface area contributed by atoms with Gasteiger partial charge in [0, 0.05) is 24.4 Å². The third-order valence-corrected chi connectivity index (χ3v) is 6.12. The molecule has 0 heterocycles. The van der Waals surface area contributed by atoms with Crippen molar-refractivity contribution in [1.29, 1.82) is 0 Å². The number of nitrogens with one attached hydrogen (secondary N) is 2. The number of carbonyl (C=O) groups excluding carboxylic acids is 2. The Morgan fingerprint density at radius 3 is 2.08 bits per heavy atom. The molecule has 4 nitrogen and oxygen atoms in total. The molecular weight excluding hydrogens is 312 g/mol. The fraction of sp³-hybridized carbons (Fsp3) is 0.905. The molecule has 1 unspecified atom stereocenters. The van der Waals surface area contributed by atoms with E-state index < -0.39 is 0 Å². The van der Waals surface area contributed by atoms with Gasteiger partial charge in [0.2, 0.25) is 11.8 Å². The van der Waals surface area contributed by atoms with Gasteiger partial charge in [-0.25, -0.2) is 0 Å². The number of rotatable bonds is 7. The molecule has 0 aromatic rings. The SMILES string of the molecule is CC(C(=O)NC1CCC1)C(C)(C)CC1CC(NC(=O)CC(C)(C)C)C1. The molecule has 144 valence electrons. The first-order chi connectivity index (χ1) is 11.5. The van der Waals surface area contributed by atoms with Gasteiger partial charge in [-0.2, -0.15) is 0 Å². The third-order valence-electron chi connectivity index (χ3n) is 6.12. The Balaban J connectivity index is 1.71. The first-order valence-corrected chi connectivity index (χ1v) is 10.1. The summed E-state index contributed by atoms with van der Waals surface area (Å²) in [5.41, 5.74) is 0.0390. The molecule has 0 saturated heterocycles. The van der Waals surface area contributed by atoms with Crippen molar-refractivity contribution in [2.45, 2.75) is 98.6 Å². The second-order valence-electron chi connectivity index (χ2n) is 10.4. The second-order valence-corrected chi connectivity index (χ2v) is 10.4. The van der Waals surface area contributed by atoms with Crippen LogP contribution in [0.2, 0.25) is 0 Å². The number of carbonyl (C=O) groups is 2. The average Bonchev–Trinajstić information content (AvgIpc) is 2.37.